The Bertz CT molecular complexity index is 205. The molecule has 0 aliphatic carbocycles. The molecule has 2 aliphatic rings. The number of hydrogen-bond acceptors (Lipinski definition) is 5. The van der Waals surface area contributed by atoms with Crippen molar-refractivity contribution in [2.24, 2.45) is 0 Å². The molecule has 5 heteroatoms. The number of aliphatic hydroxyl groups excluding tert-OH is 2. The molecule has 0 unspecified atom stereocenters. The van der Waals surface area contributed by atoms with Crippen molar-refractivity contribution in [2.75, 3.05) is 6.61 Å². The lowest BCUT2D eigenvalue weighted by atomic mass is 10.1. The van der Waals surface area contributed by atoms with Crippen molar-refractivity contribution in [1.29, 1.82) is 0 Å². The molecule has 2 heterocycles. The number of ether oxygens (including phenoxy) is 3. The lowest BCUT2D eigenvalue weighted by Crippen LogP contribution is -2.51. The van der Waals surface area contributed by atoms with Crippen LogP contribution < -0.4 is 0 Å². The number of fused-ring (bicyclic) bond motifs is 1. The van der Waals surface area contributed by atoms with E-state index in [1.165, 1.54) is 0 Å². The van der Waals surface area contributed by atoms with Gasteiger partial charge in [-0.25, -0.2) is 0 Å². The molecule has 0 aromatic rings. The normalized spacial score (nSPS) is 48.9. The highest BCUT2D eigenvalue weighted by atomic mass is 16.8. The quantitative estimate of drug-likeness (QED) is 0.524. The smallest absolute Gasteiger partial charge is 0.183 e. The Kier molecular flexibility index (Phi) is 2.08. The molecule has 0 aromatic heterocycles. The Hall–Kier alpha value is -0.200. The lowest BCUT2D eigenvalue weighted by molar-refractivity contribution is -0.230. The molecular formula is C8H14O5. The first kappa shape index (κ1) is 9.36. The minimum atomic E-state index is -1.17. The maximum Gasteiger partial charge on any atom is 0.183 e. The van der Waals surface area contributed by atoms with Crippen LogP contribution in [0.25, 0.3) is 0 Å². The van der Waals surface area contributed by atoms with Crippen LogP contribution in [0.3, 0.4) is 0 Å². The Morgan fingerprint density at radius 1 is 1.23 bits per heavy atom. The van der Waals surface area contributed by atoms with Crippen LogP contribution in [-0.4, -0.2) is 47.2 Å². The topological polar surface area (TPSA) is 68.2 Å². The highest BCUT2D eigenvalue weighted by Gasteiger charge is 2.50. The van der Waals surface area contributed by atoms with E-state index in [2.05, 4.69) is 0 Å². The minimum Gasteiger partial charge on any atom is -0.385 e. The fraction of sp³-hybridized carbons (Fsp3) is 1.00. The average molecular weight is 190 g/mol. The van der Waals surface area contributed by atoms with E-state index >= 15 is 0 Å². The maximum atomic E-state index is 9.50. The van der Waals surface area contributed by atoms with Gasteiger partial charge in [0.05, 0.1) is 6.61 Å². The molecular weight excluding hydrogens is 176 g/mol. The Morgan fingerprint density at radius 2 is 1.92 bits per heavy atom. The summed E-state index contributed by atoms with van der Waals surface area (Å²) >= 11 is 0. The maximum absolute atomic E-state index is 9.50. The van der Waals surface area contributed by atoms with Crippen molar-refractivity contribution < 1.29 is 24.4 Å². The van der Waals surface area contributed by atoms with Gasteiger partial charge in [0, 0.05) is 0 Å². The van der Waals surface area contributed by atoms with Gasteiger partial charge in [-0.2, -0.15) is 0 Å². The average Bonchev–Trinajstić information content (AvgIpc) is 2.34. The SMILES string of the molecule is CC1(C)O[C@H]2[C@@H](O)[C@H](O)OC[C@H]2O1. The molecule has 0 amide bonds. The van der Waals surface area contributed by atoms with Crippen LogP contribution in [0.2, 0.25) is 0 Å². The van der Waals surface area contributed by atoms with Gasteiger partial charge in [0.2, 0.25) is 0 Å². The van der Waals surface area contributed by atoms with Crippen LogP contribution in [0.5, 0.6) is 0 Å². The molecule has 0 saturated carbocycles. The zero-order valence-corrected chi connectivity index (χ0v) is 7.64. The standard InChI is InChI=1S/C8H14O5/c1-8(2)12-4-3-11-7(10)5(9)6(4)13-8/h4-7,9-10H,3H2,1-2H3/t4-,5-,6-,7-/m1/s1. The van der Waals surface area contributed by atoms with E-state index in [4.69, 9.17) is 14.2 Å². The molecule has 2 fully saturated rings. The molecule has 0 radical (unpaired) electrons. The first-order valence-electron chi connectivity index (χ1n) is 4.33. The minimum absolute atomic E-state index is 0.256. The van der Waals surface area contributed by atoms with Crippen LogP contribution in [0.1, 0.15) is 13.8 Å². The highest BCUT2D eigenvalue weighted by Crippen LogP contribution is 2.33. The van der Waals surface area contributed by atoms with Gasteiger partial charge >= 0.3 is 0 Å². The van der Waals surface area contributed by atoms with Crippen molar-refractivity contribution in [3.05, 3.63) is 0 Å². The Balaban J connectivity index is 2.11. The van der Waals surface area contributed by atoms with Gasteiger partial charge < -0.3 is 24.4 Å². The van der Waals surface area contributed by atoms with Crippen LogP contribution in [0, 0.1) is 0 Å². The third kappa shape index (κ3) is 1.58. The third-order valence-electron chi connectivity index (χ3n) is 2.28. The molecule has 0 bridgehead atoms. The predicted molar refractivity (Wildman–Crippen MR) is 41.8 cm³/mol. The first-order valence-corrected chi connectivity index (χ1v) is 4.33. The van der Waals surface area contributed by atoms with E-state index in [9.17, 15) is 10.2 Å². The number of hydrogen-bond donors (Lipinski definition) is 2. The van der Waals surface area contributed by atoms with Gasteiger partial charge in [0.1, 0.15) is 18.3 Å². The fourth-order valence-electron chi connectivity index (χ4n) is 1.74. The van der Waals surface area contributed by atoms with E-state index in [1.807, 2.05) is 0 Å². The van der Waals surface area contributed by atoms with Gasteiger partial charge in [0.15, 0.2) is 12.1 Å². The van der Waals surface area contributed by atoms with Gasteiger partial charge in [0.25, 0.3) is 0 Å². The zero-order valence-electron chi connectivity index (χ0n) is 7.64. The second-order valence-electron chi connectivity index (χ2n) is 3.85. The highest BCUT2D eigenvalue weighted by molar-refractivity contribution is 4.90. The van der Waals surface area contributed by atoms with Crippen molar-refractivity contribution >= 4 is 0 Å². The van der Waals surface area contributed by atoms with Crippen LogP contribution in [0.15, 0.2) is 0 Å². The van der Waals surface area contributed by atoms with Crippen molar-refractivity contribution in [2.45, 2.75) is 44.2 Å². The second-order valence-corrected chi connectivity index (χ2v) is 3.85. The molecule has 5 nitrogen and oxygen atoms in total. The van der Waals surface area contributed by atoms with Crippen molar-refractivity contribution in [3.63, 3.8) is 0 Å². The van der Waals surface area contributed by atoms with Gasteiger partial charge in [-0.1, -0.05) is 0 Å². The molecule has 13 heavy (non-hydrogen) atoms. The molecule has 0 aromatic carbocycles. The fourth-order valence-corrected chi connectivity index (χ4v) is 1.74. The van der Waals surface area contributed by atoms with E-state index in [0.717, 1.165) is 0 Å². The van der Waals surface area contributed by atoms with Crippen LogP contribution >= 0.6 is 0 Å². The molecule has 2 N–H and O–H groups in total. The first-order chi connectivity index (χ1) is 5.99. The summed E-state index contributed by atoms with van der Waals surface area (Å²) in [4.78, 5) is 0. The Labute approximate surface area is 76.2 Å². The van der Waals surface area contributed by atoms with E-state index in [0.29, 0.717) is 0 Å². The van der Waals surface area contributed by atoms with E-state index in [-0.39, 0.29) is 12.7 Å². The summed E-state index contributed by atoms with van der Waals surface area (Å²) in [6.07, 6.45) is -2.97. The van der Waals surface area contributed by atoms with Crippen LogP contribution in [-0.2, 0) is 14.2 Å². The summed E-state index contributed by atoms with van der Waals surface area (Å²) < 4.78 is 15.8. The lowest BCUT2D eigenvalue weighted by Gasteiger charge is -2.31. The molecule has 4 atom stereocenters. The zero-order chi connectivity index (χ0) is 9.64. The van der Waals surface area contributed by atoms with Crippen molar-refractivity contribution in [1.82, 2.24) is 0 Å². The van der Waals surface area contributed by atoms with Crippen LogP contribution in [0.4, 0.5) is 0 Å². The summed E-state index contributed by atoms with van der Waals surface area (Å²) in [5.41, 5.74) is 0. The van der Waals surface area contributed by atoms with Gasteiger partial charge in [-0.3, -0.25) is 0 Å². The Morgan fingerprint density at radius 3 is 2.62 bits per heavy atom. The summed E-state index contributed by atoms with van der Waals surface area (Å²) in [5.74, 6) is -0.705. The summed E-state index contributed by atoms with van der Waals surface area (Å²) in [6.45, 7) is 3.79. The summed E-state index contributed by atoms with van der Waals surface area (Å²) in [5, 5.41) is 18.7. The molecule has 76 valence electrons. The molecule has 2 saturated heterocycles. The molecule has 2 rings (SSSR count). The van der Waals surface area contributed by atoms with Crippen molar-refractivity contribution in [3.8, 4) is 0 Å². The third-order valence-corrected chi connectivity index (χ3v) is 2.28. The summed E-state index contributed by atoms with van der Waals surface area (Å²) in [6, 6.07) is 0. The monoisotopic (exact) mass is 190 g/mol. The summed E-state index contributed by atoms with van der Waals surface area (Å²) in [7, 11) is 0. The van der Waals surface area contributed by atoms with E-state index < -0.39 is 24.3 Å². The predicted octanol–water partition coefficient (Wildman–Crippen LogP) is -0.784. The largest absolute Gasteiger partial charge is 0.385 e. The molecule has 2 aliphatic heterocycles. The van der Waals surface area contributed by atoms with Gasteiger partial charge in [-0.15, -0.1) is 0 Å². The van der Waals surface area contributed by atoms with Gasteiger partial charge in [-0.05, 0) is 13.8 Å². The number of rotatable bonds is 0. The number of aliphatic hydroxyl groups is 2. The molecule has 0 spiro atoms. The van der Waals surface area contributed by atoms with E-state index in [1.54, 1.807) is 13.8 Å². The second kappa shape index (κ2) is 2.90.